The fraction of sp³-hybridized carbons (Fsp3) is 0.143. The first-order chi connectivity index (χ1) is 10.5. The molecule has 0 spiro atoms. The van der Waals surface area contributed by atoms with Crippen LogP contribution in [-0.4, -0.2) is 29.7 Å². The van der Waals surface area contributed by atoms with Crippen molar-refractivity contribution in [2.24, 2.45) is 0 Å². The summed E-state index contributed by atoms with van der Waals surface area (Å²) in [5.74, 6) is -0.997. The quantitative estimate of drug-likeness (QED) is 0.887. The highest BCUT2D eigenvalue weighted by Gasteiger charge is 2.15. The lowest BCUT2D eigenvalue weighted by atomic mass is 10.2. The molecule has 0 unspecified atom stereocenters. The van der Waals surface area contributed by atoms with E-state index in [9.17, 15) is 18.7 Å². The van der Waals surface area contributed by atoms with Crippen molar-refractivity contribution < 1.29 is 28.2 Å². The molecule has 8 heteroatoms. The van der Waals surface area contributed by atoms with E-state index in [-0.39, 0.29) is 28.6 Å². The Morgan fingerprint density at radius 1 is 1.32 bits per heavy atom. The van der Waals surface area contributed by atoms with Crippen LogP contribution in [0.4, 0.5) is 14.6 Å². The van der Waals surface area contributed by atoms with Crippen LogP contribution < -0.4 is 14.8 Å². The van der Waals surface area contributed by atoms with E-state index in [1.807, 2.05) is 0 Å². The zero-order valence-corrected chi connectivity index (χ0v) is 11.4. The van der Waals surface area contributed by atoms with Gasteiger partial charge in [0.2, 0.25) is 0 Å². The van der Waals surface area contributed by atoms with Crippen LogP contribution in [0.5, 0.6) is 17.2 Å². The first-order valence-electron chi connectivity index (χ1n) is 6.09. The SMILES string of the molecule is COc1cc(C(=O)Nc2ncccc2O)ccc1OC(F)F. The Morgan fingerprint density at radius 2 is 2.09 bits per heavy atom. The van der Waals surface area contributed by atoms with Gasteiger partial charge in [0.25, 0.3) is 5.91 Å². The first kappa shape index (κ1) is 15.5. The third kappa shape index (κ3) is 3.60. The second kappa shape index (κ2) is 6.70. The number of carbonyl (C=O) groups is 1. The second-order valence-electron chi connectivity index (χ2n) is 4.07. The zero-order chi connectivity index (χ0) is 16.1. The number of hydrogen-bond donors (Lipinski definition) is 2. The van der Waals surface area contributed by atoms with Gasteiger partial charge in [0, 0.05) is 11.8 Å². The van der Waals surface area contributed by atoms with E-state index < -0.39 is 12.5 Å². The number of anilines is 1. The molecule has 1 amide bonds. The van der Waals surface area contributed by atoms with Crippen LogP contribution in [0.1, 0.15) is 10.4 Å². The molecule has 0 fully saturated rings. The van der Waals surface area contributed by atoms with Crippen LogP contribution in [0.3, 0.4) is 0 Å². The molecular weight excluding hydrogens is 298 g/mol. The van der Waals surface area contributed by atoms with Gasteiger partial charge in [-0.2, -0.15) is 8.78 Å². The number of alkyl halides is 2. The average Bonchev–Trinajstić information content (AvgIpc) is 2.49. The number of hydrogen-bond acceptors (Lipinski definition) is 5. The van der Waals surface area contributed by atoms with E-state index in [1.54, 1.807) is 0 Å². The summed E-state index contributed by atoms with van der Waals surface area (Å²) in [4.78, 5) is 15.9. The van der Waals surface area contributed by atoms with E-state index in [1.165, 1.54) is 43.6 Å². The molecule has 6 nitrogen and oxygen atoms in total. The Morgan fingerprint density at radius 3 is 2.73 bits per heavy atom. The van der Waals surface area contributed by atoms with Crippen LogP contribution in [0.2, 0.25) is 0 Å². The molecule has 116 valence electrons. The molecule has 0 aliphatic heterocycles. The molecular formula is C14H12F2N2O4. The molecule has 0 saturated heterocycles. The van der Waals surface area contributed by atoms with Gasteiger partial charge in [-0.15, -0.1) is 0 Å². The monoisotopic (exact) mass is 310 g/mol. The summed E-state index contributed by atoms with van der Waals surface area (Å²) >= 11 is 0. The molecule has 2 rings (SSSR count). The molecule has 22 heavy (non-hydrogen) atoms. The van der Waals surface area contributed by atoms with Gasteiger partial charge in [-0.05, 0) is 30.3 Å². The number of rotatable bonds is 5. The van der Waals surface area contributed by atoms with E-state index in [0.717, 1.165) is 0 Å². The van der Waals surface area contributed by atoms with Crippen molar-refractivity contribution in [3.05, 3.63) is 42.1 Å². The lowest BCUT2D eigenvalue weighted by molar-refractivity contribution is -0.0512. The minimum absolute atomic E-state index is 0.0145. The molecule has 0 atom stereocenters. The summed E-state index contributed by atoms with van der Waals surface area (Å²) in [6, 6.07) is 6.59. The third-order valence-corrected chi connectivity index (χ3v) is 2.66. The number of amides is 1. The number of ether oxygens (including phenoxy) is 2. The number of aromatic hydroxyl groups is 1. The van der Waals surface area contributed by atoms with Gasteiger partial charge in [0.1, 0.15) is 0 Å². The Bertz CT molecular complexity index is 680. The zero-order valence-electron chi connectivity index (χ0n) is 11.4. The summed E-state index contributed by atoms with van der Waals surface area (Å²) in [7, 11) is 1.26. The summed E-state index contributed by atoms with van der Waals surface area (Å²) in [6.07, 6.45) is 1.40. The van der Waals surface area contributed by atoms with Crippen molar-refractivity contribution in [1.29, 1.82) is 0 Å². The molecule has 0 bridgehead atoms. The predicted molar refractivity (Wildman–Crippen MR) is 73.5 cm³/mol. The number of nitrogens with one attached hydrogen (secondary N) is 1. The van der Waals surface area contributed by atoms with Crippen molar-refractivity contribution in [2.75, 3.05) is 12.4 Å². The molecule has 0 aliphatic rings. The maximum atomic E-state index is 12.2. The molecule has 1 aromatic carbocycles. The van der Waals surface area contributed by atoms with Crippen molar-refractivity contribution >= 4 is 11.7 Å². The summed E-state index contributed by atoms with van der Waals surface area (Å²) in [6.45, 7) is -3.00. The number of nitrogens with zero attached hydrogens (tertiary/aromatic N) is 1. The van der Waals surface area contributed by atoms with E-state index in [4.69, 9.17) is 4.74 Å². The van der Waals surface area contributed by atoms with E-state index >= 15 is 0 Å². The van der Waals surface area contributed by atoms with Gasteiger partial charge in [0.05, 0.1) is 7.11 Å². The first-order valence-corrected chi connectivity index (χ1v) is 6.09. The lowest BCUT2D eigenvalue weighted by Gasteiger charge is -2.11. The van der Waals surface area contributed by atoms with Crippen molar-refractivity contribution in [1.82, 2.24) is 4.98 Å². The molecule has 2 aromatic rings. The Hall–Kier alpha value is -2.90. The number of halogens is 2. The number of pyridine rings is 1. The smallest absolute Gasteiger partial charge is 0.387 e. The van der Waals surface area contributed by atoms with Gasteiger partial charge in [-0.3, -0.25) is 4.79 Å². The van der Waals surface area contributed by atoms with Gasteiger partial charge < -0.3 is 19.9 Å². The van der Waals surface area contributed by atoms with Gasteiger partial charge in [-0.25, -0.2) is 4.98 Å². The molecule has 0 saturated carbocycles. The highest BCUT2D eigenvalue weighted by atomic mass is 19.3. The van der Waals surface area contributed by atoms with Gasteiger partial charge >= 0.3 is 6.61 Å². The highest BCUT2D eigenvalue weighted by molar-refractivity contribution is 6.04. The van der Waals surface area contributed by atoms with Gasteiger partial charge in [0.15, 0.2) is 23.1 Å². The molecule has 0 aliphatic carbocycles. The Kier molecular flexibility index (Phi) is 4.72. The summed E-state index contributed by atoms with van der Waals surface area (Å²) in [5.41, 5.74) is 0.128. The summed E-state index contributed by atoms with van der Waals surface area (Å²) < 4.78 is 33.6. The number of methoxy groups -OCH3 is 1. The Labute approximate surface area is 124 Å². The van der Waals surface area contributed by atoms with Crippen molar-refractivity contribution in [3.63, 3.8) is 0 Å². The van der Waals surface area contributed by atoms with E-state index in [2.05, 4.69) is 15.0 Å². The fourth-order valence-corrected chi connectivity index (χ4v) is 1.68. The lowest BCUT2D eigenvalue weighted by Crippen LogP contribution is -2.13. The Balaban J connectivity index is 2.21. The van der Waals surface area contributed by atoms with Crippen LogP contribution in [0.25, 0.3) is 0 Å². The highest BCUT2D eigenvalue weighted by Crippen LogP contribution is 2.30. The molecule has 2 N–H and O–H groups in total. The number of aromatic nitrogens is 1. The normalized spacial score (nSPS) is 10.4. The molecule has 1 aromatic heterocycles. The van der Waals surface area contributed by atoms with Crippen molar-refractivity contribution in [3.8, 4) is 17.2 Å². The van der Waals surface area contributed by atoms with Crippen molar-refractivity contribution in [2.45, 2.75) is 6.61 Å². The van der Waals surface area contributed by atoms with Crippen LogP contribution in [0.15, 0.2) is 36.5 Å². The summed E-state index contributed by atoms with van der Waals surface area (Å²) in [5, 5.41) is 11.9. The topological polar surface area (TPSA) is 80.7 Å². The van der Waals surface area contributed by atoms with Gasteiger partial charge in [-0.1, -0.05) is 0 Å². The molecule has 1 heterocycles. The number of carbonyl (C=O) groups excluding carboxylic acids is 1. The van der Waals surface area contributed by atoms with E-state index in [0.29, 0.717) is 0 Å². The third-order valence-electron chi connectivity index (χ3n) is 2.66. The minimum Gasteiger partial charge on any atom is -0.504 e. The maximum absolute atomic E-state index is 12.2. The second-order valence-corrected chi connectivity index (χ2v) is 4.07. The largest absolute Gasteiger partial charge is 0.504 e. The predicted octanol–water partition coefficient (Wildman–Crippen LogP) is 2.65. The standard InChI is InChI=1S/C14H12F2N2O4/c1-21-11-7-8(4-5-10(11)22-14(15)16)13(20)18-12-9(19)3-2-6-17-12/h2-7,14,19H,1H3,(H,17,18,20). The molecule has 0 radical (unpaired) electrons. The minimum atomic E-state index is -3.00. The van der Waals surface area contributed by atoms with Crippen LogP contribution in [0, 0.1) is 0 Å². The maximum Gasteiger partial charge on any atom is 0.387 e. The van der Waals surface area contributed by atoms with Crippen LogP contribution in [-0.2, 0) is 0 Å². The van der Waals surface area contributed by atoms with Crippen LogP contribution >= 0.6 is 0 Å². The fourth-order valence-electron chi connectivity index (χ4n) is 1.68. The average molecular weight is 310 g/mol. The number of benzene rings is 1.